The molecule has 0 unspecified atom stereocenters. The van der Waals surface area contributed by atoms with Gasteiger partial charge in [0.05, 0.1) is 28.9 Å². The fourth-order valence-electron chi connectivity index (χ4n) is 4.60. The van der Waals surface area contributed by atoms with Crippen LogP contribution in [0.2, 0.25) is 0 Å². The van der Waals surface area contributed by atoms with E-state index in [2.05, 4.69) is 15.3 Å². The summed E-state index contributed by atoms with van der Waals surface area (Å²) in [6, 6.07) is 7.77. The Morgan fingerprint density at radius 3 is 2.90 bits per heavy atom. The first-order valence-electron chi connectivity index (χ1n) is 10.9. The van der Waals surface area contributed by atoms with Crippen LogP contribution in [0.4, 0.5) is 0 Å². The number of carbonyl (C=O) groups is 1. The summed E-state index contributed by atoms with van der Waals surface area (Å²) in [4.78, 5) is 22.4. The molecule has 1 aromatic carbocycles. The van der Waals surface area contributed by atoms with E-state index in [1.807, 2.05) is 34.7 Å². The number of methoxy groups -OCH3 is 1. The van der Waals surface area contributed by atoms with Crippen LogP contribution in [0, 0.1) is 0 Å². The minimum absolute atomic E-state index is 0.0657. The van der Waals surface area contributed by atoms with Crippen LogP contribution in [0.3, 0.4) is 0 Å². The predicted octanol–water partition coefficient (Wildman–Crippen LogP) is 3.83. The standard InChI is InChI=1S/C23H31N3O3S/c1-28-22-10-6-12-26-20(22)8-4-5-11-25(15-18-16-30-17-24-18)13-14-29-21-9-3-2-7-19(21)23(26)27/h2-3,7,9,16-17,20,22H,4-6,8,10-15H2,1H3/t20-,22-/m0/s1. The molecule has 4 rings (SSSR count). The van der Waals surface area contributed by atoms with Crippen molar-refractivity contribution in [3.05, 3.63) is 46.4 Å². The van der Waals surface area contributed by atoms with Crippen molar-refractivity contribution in [2.24, 2.45) is 0 Å². The van der Waals surface area contributed by atoms with E-state index in [1.165, 1.54) is 0 Å². The highest BCUT2D eigenvalue weighted by atomic mass is 32.1. The third-order valence-electron chi connectivity index (χ3n) is 6.16. The number of aromatic nitrogens is 1. The average Bonchev–Trinajstić information content (AvgIpc) is 3.29. The zero-order valence-electron chi connectivity index (χ0n) is 17.7. The minimum Gasteiger partial charge on any atom is -0.491 e. The molecule has 0 aliphatic carbocycles. The van der Waals surface area contributed by atoms with Gasteiger partial charge in [0, 0.05) is 32.1 Å². The minimum atomic E-state index is 0.0657. The van der Waals surface area contributed by atoms with Crippen LogP contribution in [0.1, 0.15) is 48.2 Å². The van der Waals surface area contributed by atoms with E-state index in [0.29, 0.717) is 17.9 Å². The number of fused-ring (bicyclic) bond motifs is 2. The fourth-order valence-corrected chi connectivity index (χ4v) is 5.15. The monoisotopic (exact) mass is 429 g/mol. The van der Waals surface area contributed by atoms with Gasteiger partial charge in [-0.1, -0.05) is 18.6 Å². The van der Waals surface area contributed by atoms with E-state index in [9.17, 15) is 4.79 Å². The largest absolute Gasteiger partial charge is 0.491 e. The molecule has 6 nitrogen and oxygen atoms in total. The van der Waals surface area contributed by atoms with Crippen LogP contribution in [-0.4, -0.2) is 66.2 Å². The lowest BCUT2D eigenvalue weighted by Gasteiger charge is -2.41. The number of nitrogens with zero attached hydrogens (tertiary/aromatic N) is 3. The molecule has 0 saturated carbocycles. The van der Waals surface area contributed by atoms with Gasteiger partial charge >= 0.3 is 0 Å². The number of para-hydroxylation sites is 1. The molecule has 3 heterocycles. The van der Waals surface area contributed by atoms with Crippen molar-refractivity contribution in [2.75, 3.05) is 33.4 Å². The van der Waals surface area contributed by atoms with E-state index in [0.717, 1.165) is 64.0 Å². The van der Waals surface area contributed by atoms with Gasteiger partial charge in [0.2, 0.25) is 0 Å². The van der Waals surface area contributed by atoms with Gasteiger partial charge in [0.25, 0.3) is 5.91 Å². The Morgan fingerprint density at radius 1 is 1.17 bits per heavy atom. The molecule has 7 heteroatoms. The number of ether oxygens (including phenoxy) is 2. The Hall–Kier alpha value is -1.96. The van der Waals surface area contributed by atoms with E-state index in [4.69, 9.17) is 9.47 Å². The molecule has 2 aromatic rings. The van der Waals surface area contributed by atoms with Crippen molar-refractivity contribution in [2.45, 2.75) is 50.8 Å². The lowest BCUT2D eigenvalue weighted by Crippen LogP contribution is -2.51. The third kappa shape index (κ3) is 5.02. The van der Waals surface area contributed by atoms with E-state index in [1.54, 1.807) is 18.4 Å². The smallest absolute Gasteiger partial charge is 0.257 e. The topological polar surface area (TPSA) is 54.9 Å². The summed E-state index contributed by atoms with van der Waals surface area (Å²) in [5, 5.41) is 2.11. The number of carbonyl (C=O) groups excluding carboxylic acids is 1. The Kier molecular flexibility index (Phi) is 7.36. The molecule has 30 heavy (non-hydrogen) atoms. The summed E-state index contributed by atoms with van der Waals surface area (Å²) in [6.45, 7) is 3.99. The Labute approximate surface area is 182 Å². The zero-order chi connectivity index (χ0) is 20.8. The first-order valence-corrected chi connectivity index (χ1v) is 11.9. The van der Waals surface area contributed by atoms with Crippen LogP contribution < -0.4 is 4.74 Å². The molecule has 1 amide bonds. The molecule has 0 bridgehead atoms. The maximum atomic E-state index is 13.5. The molecule has 162 valence electrons. The third-order valence-corrected chi connectivity index (χ3v) is 6.79. The van der Waals surface area contributed by atoms with Crippen molar-refractivity contribution >= 4 is 17.2 Å². The van der Waals surface area contributed by atoms with Crippen LogP contribution in [0.15, 0.2) is 35.2 Å². The molecule has 0 radical (unpaired) electrons. The number of rotatable bonds is 3. The maximum Gasteiger partial charge on any atom is 0.257 e. The van der Waals surface area contributed by atoms with Crippen LogP contribution in [-0.2, 0) is 11.3 Å². The molecule has 1 aromatic heterocycles. The van der Waals surface area contributed by atoms with Crippen molar-refractivity contribution in [1.29, 1.82) is 0 Å². The van der Waals surface area contributed by atoms with Gasteiger partial charge in [-0.2, -0.15) is 0 Å². The summed E-state index contributed by atoms with van der Waals surface area (Å²) >= 11 is 1.63. The zero-order valence-corrected chi connectivity index (χ0v) is 18.5. The van der Waals surface area contributed by atoms with Gasteiger partial charge < -0.3 is 14.4 Å². The number of hydrogen-bond acceptors (Lipinski definition) is 6. The molecular formula is C23H31N3O3S. The number of hydrogen-bond donors (Lipinski definition) is 0. The van der Waals surface area contributed by atoms with E-state index in [-0.39, 0.29) is 18.1 Å². The first-order chi connectivity index (χ1) is 14.8. The second-order valence-electron chi connectivity index (χ2n) is 8.08. The normalized spacial score (nSPS) is 24.0. The van der Waals surface area contributed by atoms with Crippen molar-refractivity contribution in [3.8, 4) is 5.75 Å². The quantitative estimate of drug-likeness (QED) is 0.742. The van der Waals surface area contributed by atoms with Gasteiger partial charge in [0.1, 0.15) is 12.4 Å². The lowest BCUT2D eigenvalue weighted by molar-refractivity contribution is -0.0155. The molecule has 2 aliphatic heterocycles. The molecule has 1 saturated heterocycles. The Morgan fingerprint density at radius 2 is 2.07 bits per heavy atom. The first kappa shape index (κ1) is 21.3. The van der Waals surface area contributed by atoms with Crippen LogP contribution >= 0.6 is 11.3 Å². The molecule has 2 atom stereocenters. The van der Waals surface area contributed by atoms with E-state index >= 15 is 0 Å². The van der Waals surface area contributed by atoms with Crippen molar-refractivity contribution in [3.63, 3.8) is 0 Å². The number of amides is 1. The summed E-state index contributed by atoms with van der Waals surface area (Å²) in [5.41, 5.74) is 3.65. The second-order valence-corrected chi connectivity index (χ2v) is 8.80. The van der Waals surface area contributed by atoms with Gasteiger partial charge in [-0.25, -0.2) is 4.98 Å². The number of piperidine rings is 1. The maximum absolute atomic E-state index is 13.5. The Balaban J connectivity index is 1.56. The summed E-state index contributed by atoms with van der Waals surface area (Å²) in [5.74, 6) is 0.740. The van der Waals surface area contributed by atoms with Crippen molar-refractivity contribution in [1.82, 2.24) is 14.8 Å². The van der Waals surface area contributed by atoms with Crippen LogP contribution in [0.25, 0.3) is 0 Å². The Bertz CT molecular complexity index is 814. The van der Waals surface area contributed by atoms with Crippen LogP contribution in [0.5, 0.6) is 5.75 Å². The second kappa shape index (κ2) is 10.4. The molecular weight excluding hydrogens is 398 g/mol. The molecule has 0 N–H and O–H groups in total. The SMILES string of the molecule is CO[C@H]1CCCN2C(=O)c3ccccc3OCCN(Cc3cscn3)CCCC[C@@H]12. The lowest BCUT2D eigenvalue weighted by atomic mass is 9.93. The highest BCUT2D eigenvalue weighted by Crippen LogP contribution is 2.29. The van der Waals surface area contributed by atoms with Crippen molar-refractivity contribution < 1.29 is 14.3 Å². The number of benzene rings is 1. The van der Waals surface area contributed by atoms with Gasteiger partial charge in [-0.05, 0) is 44.4 Å². The summed E-state index contributed by atoms with van der Waals surface area (Å²) in [6.07, 6.45) is 5.23. The summed E-state index contributed by atoms with van der Waals surface area (Å²) in [7, 11) is 1.77. The highest BCUT2D eigenvalue weighted by Gasteiger charge is 2.35. The highest BCUT2D eigenvalue weighted by molar-refractivity contribution is 7.07. The van der Waals surface area contributed by atoms with E-state index < -0.39 is 0 Å². The van der Waals surface area contributed by atoms with Gasteiger partial charge in [-0.15, -0.1) is 11.3 Å². The van der Waals surface area contributed by atoms with Gasteiger partial charge in [-0.3, -0.25) is 9.69 Å². The summed E-state index contributed by atoms with van der Waals surface area (Å²) < 4.78 is 11.9. The average molecular weight is 430 g/mol. The molecule has 0 spiro atoms. The molecule has 2 aliphatic rings. The number of thiazole rings is 1. The predicted molar refractivity (Wildman–Crippen MR) is 118 cm³/mol. The van der Waals surface area contributed by atoms with Gasteiger partial charge in [0.15, 0.2) is 0 Å². The molecule has 1 fully saturated rings. The fraction of sp³-hybridized carbons (Fsp3) is 0.565.